The first-order chi connectivity index (χ1) is 6.61. The van der Waals surface area contributed by atoms with Gasteiger partial charge in [0.05, 0.1) is 11.1 Å². The molecule has 0 aliphatic rings. The molecule has 0 aliphatic carbocycles. The first-order valence-corrected chi connectivity index (χ1v) is 4.06. The molecule has 6 heteroatoms. The minimum Gasteiger partial charge on any atom is -0.226 e. The van der Waals surface area contributed by atoms with Crippen LogP contribution in [0.15, 0.2) is 6.20 Å². The Morgan fingerprint density at radius 3 is 2.64 bits per heavy atom. The monoisotopic (exact) mass is 220 g/mol. The van der Waals surface area contributed by atoms with Gasteiger partial charge in [0.25, 0.3) is 6.43 Å². The maximum Gasteiger partial charge on any atom is 0.268 e. The molecule has 1 heterocycles. The van der Waals surface area contributed by atoms with Crippen molar-refractivity contribution in [1.82, 2.24) is 4.98 Å². The van der Waals surface area contributed by atoms with E-state index in [4.69, 9.17) is 16.9 Å². The quantitative estimate of drug-likeness (QED) is 0.568. The predicted molar refractivity (Wildman–Crippen MR) is 43.4 cm³/mol. The third-order valence-corrected chi connectivity index (χ3v) is 1.92. The van der Waals surface area contributed by atoms with E-state index in [1.807, 2.05) is 0 Å². The van der Waals surface area contributed by atoms with E-state index < -0.39 is 17.9 Å². The average Bonchev–Trinajstić information content (AvgIpc) is 2.16. The lowest BCUT2D eigenvalue weighted by Crippen LogP contribution is -2.03. The smallest absolute Gasteiger partial charge is 0.226 e. The normalized spacial score (nSPS) is 10.3. The predicted octanol–water partition coefficient (Wildman–Crippen LogP) is 2.77. The molecule has 0 fully saturated rings. The molecule has 0 saturated carbocycles. The molecule has 0 amide bonds. The summed E-state index contributed by atoms with van der Waals surface area (Å²) in [5.74, 6) is -1.63. The summed E-state index contributed by atoms with van der Waals surface area (Å²) in [6.07, 6.45) is -2.14. The molecule has 0 unspecified atom stereocenters. The average molecular weight is 221 g/mol. The molecular formula is C8H4ClF3N2. The number of rotatable bonds is 2. The van der Waals surface area contributed by atoms with E-state index in [1.165, 1.54) is 0 Å². The van der Waals surface area contributed by atoms with Crippen molar-refractivity contribution < 1.29 is 13.2 Å². The Hall–Kier alpha value is -1.28. The molecule has 1 aromatic heterocycles. The van der Waals surface area contributed by atoms with E-state index in [1.54, 1.807) is 6.07 Å². The molecule has 1 rings (SSSR count). The Kier molecular flexibility index (Phi) is 3.31. The van der Waals surface area contributed by atoms with E-state index in [0.717, 1.165) is 6.20 Å². The van der Waals surface area contributed by atoms with Crippen LogP contribution in [0.25, 0.3) is 0 Å². The third kappa shape index (κ3) is 1.80. The van der Waals surface area contributed by atoms with Gasteiger partial charge in [0.2, 0.25) is 5.95 Å². The number of hydrogen-bond donors (Lipinski definition) is 0. The number of pyridine rings is 1. The number of halogens is 4. The molecule has 74 valence electrons. The first kappa shape index (κ1) is 10.8. The molecule has 1 aromatic rings. The summed E-state index contributed by atoms with van der Waals surface area (Å²) in [4.78, 5) is 3.05. The van der Waals surface area contributed by atoms with E-state index in [9.17, 15) is 13.2 Å². The molecule has 0 radical (unpaired) electrons. The van der Waals surface area contributed by atoms with Crippen LogP contribution in [0.4, 0.5) is 13.2 Å². The summed E-state index contributed by atoms with van der Waals surface area (Å²) in [5, 5.41) is 8.53. The van der Waals surface area contributed by atoms with Crippen molar-refractivity contribution in [1.29, 1.82) is 5.26 Å². The van der Waals surface area contributed by atoms with Gasteiger partial charge in [-0.1, -0.05) is 0 Å². The van der Waals surface area contributed by atoms with Gasteiger partial charge in [0.15, 0.2) is 0 Å². The lowest BCUT2D eigenvalue weighted by Gasteiger charge is -2.07. The highest BCUT2D eigenvalue weighted by molar-refractivity contribution is 6.17. The minimum absolute atomic E-state index is 0.128. The first-order valence-electron chi connectivity index (χ1n) is 3.53. The van der Waals surface area contributed by atoms with Crippen molar-refractivity contribution in [2.24, 2.45) is 0 Å². The van der Waals surface area contributed by atoms with Crippen LogP contribution in [0.2, 0.25) is 0 Å². The van der Waals surface area contributed by atoms with Crippen molar-refractivity contribution in [3.05, 3.63) is 28.8 Å². The highest BCUT2D eigenvalue weighted by Gasteiger charge is 2.21. The highest BCUT2D eigenvalue weighted by atomic mass is 35.5. The van der Waals surface area contributed by atoms with Crippen LogP contribution in [-0.4, -0.2) is 4.98 Å². The van der Waals surface area contributed by atoms with Crippen LogP contribution in [-0.2, 0) is 5.88 Å². The van der Waals surface area contributed by atoms with Gasteiger partial charge in [-0.15, -0.1) is 11.6 Å². The molecule has 0 saturated heterocycles. The van der Waals surface area contributed by atoms with Crippen LogP contribution in [0.1, 0.15) is 23.1 Å². The van der Waals surface area contributed by atoms with Gasteiger partial charge >= 0.3 is 0 Å². The molecule has 14 heavy (non-hydrogen) atoms. The SMILES string of the molecule is N#Cc1cnc(F)c(C(F)F)c1CCl. The fraction of sp³-hybridized carbons (Fsp3) is 0.250. The fourth-order valence-corrected chi connectivity index (χ4v) is 1.29. The standard InChI is InChI=1S/C8H4ClF3N2/c9-1-5-4(2-13)3-14-8(12)6(5)7(10)11/h3,7H,1H2. The van der Waals surface area contributed by atoms with Gasteiger partial charge in [0, 0.05) is 12.1 Å². The Morgan fingerprint density at radius 1 is 1.57 bits per heavy atom. The van der Waals surface area contributed by atoms with Gasteiger partial charge in [-0.2, -0.15) is 9.65 Å². The maximum absolute atomic E-state index is 12.8. The van der Waals surface area contributed by atoms with Crippen molar-refractivity contribution in [3.8, 4) is 6.07 Å². The topological polar surface area (TPSA) is 36.7 Å². The molecule has 0 bridgehead atoms. The highest BCUT2D eigenvalue weighted by Crippen LogP contribution is 2.27. The van der Waals surface area contributed by atoms with Crippen LogP contribution >= 0.6 is 11.6 Å². The molecule has 0 aliphatic heterocycles. The molecule has 0 N–H and O–H groups in total. The Bertz CT molecular complexity index is 387. The summed E-state index contributed by atoms with van der Waals surface area (Å²) in [6.45, 7) is 0. The minimum atomic E-state index is -3.02. The summed E-state index contributed by atoms with van der Waals surface area (Å²) in [6, 6.07) is 1.62. The third-order valence-electron chi connectivity index (χ3n) is 1.65. The van der Waals surface area contributed by atoms with Gasteiger partial charge in [-0.25, -0.2) is 13.8 Å². The zero-order chi connectivity index (χ0) is 10.7. The second-order valence-corrected chi connectivity index (χ2v) is 2.67. The summed E-state index contributed by atoms with van der Waals surface area (Å²) < 4.78 is 37.5. The zero-order valence-electron chi connectivity index (χ0n) is 6.77. The van der Waals surface area contributed by atoms with Gasteiger partial charge in [-0.05, 0) is 5.56 Å². The number of nitriles is 1. The van der Waals surface area contributed by atoms with Crippen molar-refractivity contribution in [2.45, 2.75) is 12.3 Å². The molecular weight excluding hydrogens is 217 g/mol. The maximum atomic E-state index is 12.8. The van der Waals surface area contributed by atoms with Crippen molar-refractivity contribution in [3.63, 3.8) is 0 Å². The van der Waals surface area contributed by atoms with Crippen molar-refractivity contribution >= 4 is 11.6 Å². The van der Waals surface area contributed by atoms with Crippen LogP contribution in [0, 0.1) is 17.3 Å². The molecule has 0 spiro atoms. The Balaban J connectivity index is 3.45. The Labute approximate surface area is 82.9 Å². The number of hydrogen-bond acceptors (Lipinski definition) is 2. The lowest BCUT2D eigenvalue weighted by atomic mass is 10.1. The lowest BCUT2D eigenvalue weighted by molar-refractivity contribution is 0.144. The van der Waals surface area contributed by atoms with Gasteiger partial charge in [-0.3, -0.25) is 0 Å². The van der Waals surface area contributed by atoms with E-state index in [0.29, 0.717) is 0 Å². The van der Waals surface area contributed by atoms with E-state index in [-0.39, 0.29) is 17.0 Å². The van der Waals surface area contributed by atoms with Crippen LogP contribution < -0.4 is 0 Å². The zero-order valence-corrected chi connectivity index (χ0v) is 7.52. The Morgan fingerprint density at radius 2 is 2.21 bits per heavy atom. The van der Waals surface area contributed by atoms with Crippen molar-refractivity contribution in [2.75, 3.05) is 0 Å². The van der Waals surface area contributed by atoms with Gasteiger partial charge in [0.1, 0.15) is 6.07 Å². The van der Waals surface area contributed by atoms with Gasteiger partial charge < -0.3 is 0 Å². The fourth-order valence-electron chi connectivity index (χ4n) is 1.00. The van der Waals surface area contributed by atoms with E-state index in [2.05, 4.69) is 4.98 Å². The molecule has 2 nitrogen and oxygen atoms in total. The molecule has 0 aromatic carbocycles. The van der Waals surface area contributed by atoms with Crippen LogP contribution in [0.5, 0.6) is 0 Å². The summed E-state index contributed by atoms with van der Waals surface area (Å²) in [7, 11) is 0. The van der Waals surface area contributed by atoms with E-state index >= 15 is 0 Å². The number of nitrogens with zero attached hydrogens (tertiary/aromatic N) is 2. The largest absolute Gasteiger partial charge is 0.268 e. The number of alkyl halides is 3. The molecule has 0 atom stereocenters. The van der Waals surface area contributed by atoms with Crippen LogP contribution in [0.3, 0.4) is 0 Å². The second kappa shape index (κ2) is 4.29. The number of aromatic nitrogens is 1. The summed E-state index contributed by atoms with van der Waals surface area (Å²) in [5.41, 5.74) is -1.22. The summed E-state index contributed by atoms with van der Waals surface area (Å²) >= 11 is 5.35. The second-order valence-electron chi connectivity index (χ2n) is 2.40.